The molecule has 0 bridgehead atoms. The minimum atomic E-state index is 0.562. The van der Waals surface area contributed by atoms with Crippen LogP contribution in [0, 0.1) is 5.92 Å². The molecule has 4 nitrogen and oxygen atoms in total. The highest BCUT2D eigenvalue weighted by molar-refractivity contribution is 5.54. The van der Waals surface area contributed by atoms with E-state index in [-0.39, 0.29) is 0 Å². The molecule has 0 amide bonds. The molecule has 0 saturated carbocycles. The molecule has 0 fully saturated rings. The van der Waals surface area contributed by atoms with E-state index in [1.807, 2.05) is 24.3 Å². The fraction of sp³-hybridized carbons (Fsp3) is 0.385. The predicted octanol–water partition coefficient (Wildman–Crippen LogP) is 2.13. The van der Waals surface area contributed by atoms with Crippen molar-refractivity contribution in [3.8, 4) is 11.4 Å². The number of hydrogen-bond donors (Lipinski definition) is 2. The number of nitrogens with two attached hydrogens (primary N) is 1. The van der Waals surface area contributed by atoms with Gasteiger partial charge in [-0.25, -0.2) is 4.98 Å². The van der Waals surface area contributed by atoms with Gasteiger partial charge in [0.1, 0.15) is 5.82 Å². The van der Waals surface area contributed by atoms with Gasteiger partial charge in [-0.2, -0.15) is 5.10 Å². The molecule has 2 rings (SSSR count). The van der Waals surface area contributed by atoms with E-state index in [0.29, 0.717) is 12.5 Å². The van der Waals surface area contributed by atoms with Gasteiger partial charge in [0.05, 0.1) is 0 Å². The third-order valence-electron chi connectivity index (χ3n) is 2.58. The summed E-state index contributed by atoms with van der Waals surface area (Å²) in [6, 6.07) is 8.02. The Kier molecular flexibility index (Phi) is 3.54. The Morgan fingerprint density at radius 2 is 1.94 bits per heavy atom. The first-order valence-corrected chi connectivity index (χ1v) is 5.89. The fourth-order valence-corrected chi connectivity index (χ4v) is 1.69. The number of rotatable bonds is 4. The van der Waals surface area contributed by atoms with E-state index in [2.05, 4.69) is 29.0 Å². The summed E-state index contributed by atoms with van der Waals surface area (Å²) in [6.45, 7) is 4.89. The minimum absolute atomic E-state index is 0.562. The van der Waals surface area contributed by atoms with Gasteiger partial charge in [-0.15, -0.1) is 0 Å². The van der Waals surface area contributed by atoms with Gasteiger partial charge in [0, 0.05) is 18.5 Å². The topological polar surface area (TPSA) is 67.6 Å². The van der Waals surface area contributed by atoms with E-state index in [1.165, 1.54) is 0 Å². The van der Waals surface area contributed by atoms with Crippen molar-refractivity contribution in [3.05, 3.63) is 35.7 Å². The first-order valence-electron chi connectivity index (χ1n) is 5.89. The molecule has 0 saturated heterocycles. The normalized spacial score (nSPS) is 11.1. The lowest BCUT2D eigenvalue weighted by Crippen LogP contribution is -1.96. The highest BCUT2D eigenvalue weighted by Gasteiger charge is 2.07. The first kappa shape index (κ1) is 11.8. The van der Waals surface area contributed by atoms with Crippen LogP contribution >= 0.6 is 0 Å². The molecule has 0 aliphatic heterocycles. The van der Waals surface area contributed by atoms with Crippen molar-refractivity contribution in [2.75, 3.05) is 0 Å². The Morgan fingerprint density at radius 3 is 2.53 bits per heavy atom. The van der Waals surface area contributed by atoms with E-state index in [1.54, 1.807) is 0 Å². The number of aromatic amines is 1. The third-order valence-corrected chi connectivity index (χ3v) is 2.58. The number of H-pyrrole nitrogens is 1. The van der Waals surface area contributed by atoms with Crippen LogP contribution in [0.25, 0.3) is 11.4 Å². The van der Waals surface area contributed by atoms with Crippen molar-refractivity contribution < 1.29 is 0 Å². The Balaban J connectivity index is 2.18. The van der Waals surface area contributed by atoms with Crippen molar-refractivity contribution in [3.63, 3.8) is 0 Å². The summed E-state index contributed by atoms with van der Waals surface area (Å²) in [5.74, 6) is 2.28. The molecule has 3 N–H and O–H groups in total. The van der Waals surface area contributed by atoms with E-state index in [4.69, 9.17) is 5.73 Å². The highest BCUT2D eigenvalue weighted by Crippen LogP contribution is 2.16. The van der Waals surface area contributed by atoms with Crippen LogP contribution in [0.3, 0.4) is 0 Å². The van der Waals surface area contributed by atoms with Crippen LogP contribution < -0.4 is 5.73 Å². The van der Waals surface area contributed by atoms with Gasteiger partial charge in [0.25, 0.3) is 0 Å². The maximum atomic E-state index is 5.56. The van der Waals surface area contributed by atoms with E-state index in [0.717, 1.165) is 29.2 Å². The van der Waals surface area contributed by atoms with Crippen LogP contribution in [0.5, 0.6) is 0 Å². The van der Waals surface area contributed by atoms with Crippen LogP contribution in [0.4, 0.5) is 0 Å². The lowest BCUT2D eigenvalue weighted by molar-refractivity contribution is 0.622. The highest BCUT2D eigenvalue weighted by atomic mass is 15.2. The van der Waals surface area contributed by atoms with Crippen LogP contribution in [0.15, 0.2) is 24.3 Å². The Labute approximate surface area is 101 Å². The van der Waals surface area contributed by atoms with E-state index >= 15 is 0 Å². The summed E-state index contributed by atoms with van der Waals surface area (Å²) < 4.78 is 0. The smallest absolute Gasteiger partial charge is 0.181 e. The van der Waals surface area contributed by atoms with Crippen molar-refractivity contribution >= 4 is 0 Å². The van der Waals surface area contributed by atoms with Gasteiger partial charge in [-0.05, 0) is 11.5 Å². The zero-order valence-corrected chi connectivity index (χ0v) is 10.3. The average molecular weight is 230 g/mol. The minimum Gasteiger partial charge on any atom is -0.326 e. The van der Waals surface area contributed by atoms with Crippen LogP contribution in [-0.2, 0) is 13.0 Å². The predicted molar refractivity (Wildman–Crippen MR) is 68.3 cm³/mol. The van der Waals surface area contributed by atoms with Gasteiger partial charge in [0.15, 0.2) is 5.82 Å². The summed E-state index contributed by atoms with van der Waals surface area (Å²) in [4.78, 5) is 4.48. The van der Waals surface area contributed by atoms with Crippen LogP contribution in [0.2, 0.25) is 0 Å². The molecular formula is C13H18N4. The monoisotopic (exact) mass is 230 g/mol. The summed E-state index contributed by atoms with van der Waals surface area (Å²) in [7, 11) is 0. The summed E-state index contributed by atoms with van der Waals surface area (Å²) in [5, 5.41) is 7.21. The molecular weight excluding hydrogens is 212 g/mol. The molecule has 1 aromatic heterocycles. The molecule has 0 spiro atoms. The maximum Gasteiger partial charge on any atom is 0.181 e. The Hall–Kier alpha value is -1.68. The molecule has 0 radical (unpaired) electrons. The van der Waals surface area contributed by atoms with E-state index < -0.39 is 0 Å². The van der Waals surface area contributed by atoms with Crippen molar-refractivity contribution in [2.45, 2.75) is 26.8 Å². The second-order valence-corrected chi connectivity index (χ2v) is 4.60. The molecule has 4 heteroatoms. The molecule has 90 valence electrons. The molecule has 0 aliphatic carbocycles. The lowest BCUT2D eigenvalue weighted by atomic mass is 10.1. The molecule has 2 aromatic rings. The summed E-state index contributed by atoms with van der Waals surface area (Å²) in [6.07, 6.45) is 0.924. The van der Waals surface area contributed by atoms with Crippen molar-refractivity contribution in [1.82, 2.24) is 15.2 Å². The molecule has 0 atom stereocenters. The number of aromatic nitrogens is 3. The SMILES string of the molecule is CC(C)Cc1nc(-c2ccc(CN)cc2)n[nH]1. The zero-order chi connectivity index (χ0) is 12.3. The fourth-order valence-electron chi connectivity index (χ4n) is 1.69. The quantitative estimate of drug-likeness (QED) is 0.845. The number of benzene rings is 1. The van der Waals surface area contributed by atoms with Gasteiger partial charge >= 0.3 is 0 Å². The Bertz CT molecular complexity index is 470. The second-order valence-electron chi connectivity index (χ2n) is 4.60. The number of hydrogen-bond acceptors (Lipinski definition) is 3. The van der Waals surface area contributed by atoms with E-state index in [9.17, 15) is 0 Å². The number of nitrogens with one attached hydrogen (secondary N) is 1. The third kappa shape index (κ3) is 2.91. The van der Waals surface area contributed by atoms with Crippen LogP contribution in [-0.4, -0.2) is 15.2 Å². The molecule has 0 unspecified atom stereocenters. The largest absolute Gasteiger partial charge is 0.326 e. The Morgan fingerprint density at radius 1 is 1.24 bits per heavy atom. The summed E-state index contributed by atoms with van der Waals surface area (Å²) >= 11 is 0. The van der Waals surface area contributed by atoms with Crippen molar-refractivity contribution in [2.24, 2.45) is 11.7 Å². The van der Waals surface area contributed by atoms with Gasteiger partial charge < -0.3 is 5.73 Å². The molecule has 1 heterocycles. The summed E-state index contributed by atoms with van der Waals surface area (Å²) in [5.41, 5.74) is 7.70. The van der Waals surface area contributed by atoms with Gasteiger partial charge in [0.2, 0.25) is 0 Å². The maximum absolute atomic E-state index is 5.56. The second kappa shape index (κ2) is 5.10. The van der Waals surface area contributed by atoms with Gasteiger partial charge in [-0.3, -0.25) is 5.10 Å². The van der Waals surface area contributed by atoms with Crippen LogP contribution in [0.1, 0.15) is 25.2 Å². The zero-order valence-electron chi connectivity index (χ0n) is 10.3. The first-order chi connectivity index (χ1) is 8.19. The molecule has 1 aromatic carbocycles. The lowest BCUT2D eigenvalue weighted by Gasteiger charge is -1.99. The standard InChI is InChI=1S/C13H18N4/c1-9(2)7-12-15-13(17-16-12)11-5-3-10(8-14)4-6-11/h3-6,9H,7-8,14H2,1-2H3,(H,15,16,17). The molecule has 0 aliphatic rings. The van der Waals surface area contributed by atoms with Crippen molar-refractivity contribution in [1.29, 1.82) is 0 Å². The number of nitrogens with zero attached hydrogens (tertiary/aromatic N) is 2. The average Bonchev–Trinajstić information content (AvgIpc) is 2.77. The molecule has 17 heavy (non-hydrogen) atoms. The van der Waals surface area contributed by atoms with Gasteiger partial charge in [-0.1, -0.05) is 38.1 Å².